The molecule has 2 aliphatic carbocycles. The van der Waals surface area contributed by atoms with Gasteiger partial charge in [-0.05, 0) is 48.6 Å². The maximum atomic E-state index is 14.0. The Labute approximate surface area is 299 Å². The van der Waals surface area contributed by atoms with Gasteiger partial charge in [0.05, 0.1) is 18.4 Å². The van der Waals surface area contributed by atoms with Crippen LogP contribution in [0.5, 0.6) is 0 Å². The van der Waals surface area contributed by atoms with E-state index in [2.05, 4.69) is 0 Å². The van der Waals surface area contributed by atoms with Crippen molar-refractivity contribution >= 4 is 11.9 Å². The van der Waals surface area contributed by atoms with Crippen molar-refractivity contribution in [2.24, 2.45) is 0 Å². The molecule has 0 bridgehead atoms. The summed E-state index contributed by atoms with van der Waals surface area (Å²) in [6.07, 6.45) is 1.98. The van der Waals surface area contributed by atoms with E-state index in [4.69, 9.17) is 28.4 Å². The molecule has 3 aromatic rings. The molecule has 0 N–H and O–H groups in total. The summed E-state index contributed by atoms with van der Waals surface area (Å²) in [7, 11) is 1.46. The molecular weight excluding hydrogens is 664 g/mol. The standard InChI is InChI=1S/C40H36O8.Fe/c1-24-19-29(26-13-7-4-8-14-26)21-31(24)37(41)46-35-34-33(23-44-39(48-34)28-17-11-6-12-18-28)45-40(43-3)36(35)47-38(42)32-22-30(20-25(32)2)27-15-9-5-10-16-27;/h4-22,33-36,39-40H,23H2,1-3H3;/q;+2/t33-,34-,35+,36-,39-,40+;/m1./s1. The Bertz CT molecular complexity index is 1520. The van der Waals surface area contributed by atoms with Gasteiger partial charge in [0.25, 0.3) is 0 Å². The molecule has 0 unspecified atom stereocenters. The average Bonchev–Trinajstić information content (AvgIpc) is 3.72. The van der Waals surface area contributed by atoms with Crippen LogP contribution in [-0.4, -0.2) is 56.4 Å². The van der Waals surface area contributed by atoms with Gasteiger partial charge in [0, 0.05) is 24.5 Å². The third-order valence-corrected chi connectivity index (χ3v) is 8.92. The van der Waals surface area contributed by atoms with E-state index in [9.17, 15) is 9.59 Å². The predicted octanol–water partition coefficient (Wildman–Crippen LogP) is 5.72. The van der Waals surface area contributed by atoms with Gasteiger partial charge in [-0.25, -0.2) is 0 Å². The fourth-order valence-electron chi connectivity index (χ4n) is 6.43. The number of carbonyl (C=O) groups excluding carboxylic acids is 2. The Morgan fingerprint density at radius 2 is 1.14 bits per heavy atom. The second-order valence-electron chi connectivity index (χ2n) is 12.1. The van der Waals surface area contributed by atoms with Crippen molar-refractivity contribution in [3.63, 3.8) is 0 Å². The third-order valence-electron chi connectivity index (χ3n) is 8.92. The fraction of sp³-hybridized carbons (Fsp3) is 0.250. The summed E-state index contributed by atoms with van der Waals surface area (Å²) in [4.78, 5) is 27.8. The van der Waals surface area contributed by atoms with E-state index in [0.29, 0.717) is 11.8 Å². The summed E-state index contributed by atoms with van der Waals surface area (Å²) in [5, 5.41) is 0. The van der Waals surface area contributed by atoms with Crippen LogP contribution in [0.25, 0.3) is 0 Å². The van der Waals surface area contributed by atoms with Gasteiger partial charge >= 0.3 is 29.0 Å². The minimum atomic E-state index is -1.15. The molecule has 0 spiro atoms. The molecule has 4 aliphatic rings. The largest absolute Gasteiger partial charge is 2.00 e. The molecule has 2 saturated heterocycles. The molecule has 4 fully saturated rings. The van der Waals surface area contributed by atoms with Crippen molar-refractivity contribution < 1.29 is 55.1 Å². The summed E-state index contributed by atoms with van der Waals surface area (Å²) in [5.41, 5.74) is 2.76. The smallest absolute Gasteiger partial charge is 0.455 e. The molecule has 2 saturated carbocycles. The zero-order valence-electron chi connectivity index (χ0n) is 27.3. The molecule has 8 nitrogen and oxygen atoms in total. The summed E-state index contributed by atoms with van der Waals surface area (Å²) >= 11 is 0. The van der Waals surface area contributed by atoms with Crippen LogP contribution in [0.15, 0.2) is 91.0 Å². The first-order valence-corrected chi connectivity index (χ1v) is 16.0. The van der Waals surface area contributed by atoms with Crippen molar-refractivity contribution in [3.8, 4) is 0 Å². The average molecular weight is 701 g/mol. The van der Waals surface area contributed by atoms with Gasteiger partial charge in [0.2, 0.25) is 0 Å². The van der Waals surface area contributed by atoms with Crippen LogP contribution in [0.2, 0.25) is 0 Å². The zero-order valence-corrected chi connectivity index (χ0v) is 28.4. The number of fused-ring (bicyclic) bond motifs is 1. The van der Waals surface area contributed by atoms with E-state index in [1.807, 2.05) is 124 Å². The van der Waals surface area contributed by atoms with Crippen LogP contribution in [0.3, 0.4) is 0 Å². The van der Waals surface area contributed by atoms with Gasteiger partial charge in [-0.3, -0.25) is 9.59 Å². The van der Waals surface area contributed by atoms with Crippen molar-refractivity contribution in [1.29, 1.82) is 0 Å². The number of ether oxygens (including phenoxy) is 6. The van der Waals surface area contributed by atoms with Crippen LogP contribution in [0.4, 0.5) is 0 Å². The van der Waals surface area contributed by atoms with Crippen molar-refractivity contribution in [2.45, 2.75) is 50.8 Å². The van der Waals surface area contributed by atoms with E-state index in [0.717, 1.165) is 40.4 Å². The topological polar surface area (TPSA) is 89.5 Å². The van der Waals surface area contributed by atoms with Gasteiger partial charge in [-0.1, -0.05) is 105 Å². The maximum Gasteiger partial charge on any atom is 2.00 e. The van der Waals surface area contributed by atoms with Crippen molar-refractivity contribution in [3.05, 3.63) is 169 Å². The Kier molecular flexibility index (Phi) is 11.6. The molecule has 10 radical (unpaired) electrons. The summed E-state index contributed by atoms with van der Waals surface area (Å²) in [5.74, 6) is 2.94. The first kappa shape index (κ1) is 35.8. The van der Waals surface area contributed by atoms with Gasteiger partial charge in [0.1, 0.15) is 12.2 Å². The summed E-state index contributed by atoms with van der Waals surface area (Å²) in [6, 6.07) is 29.1. The maximum absolute atomic E-state index is 14.0. The second kappa shape index (κ2) is 15.9. The van der Waals surface area contributed by atoms with Gasteiger partial charge in [0.15, 0.2) is 24.8 Å². The van der Waals surface area contributed by atoms with E-state index in [-0.39, 0.29) is 23.7 Å². The van der Waals surface area contributed by atoms with E-state index in [1.54, 1.807) is 6.42 Å². The van der Waals surface area contributed by atoms with Gasteiger partial charge < -0.3 is 28.4 Å². The normalized spacial score (nSPS) is 28.9. The SMILES string of the molecule is CO[C@H]1O[C@@H]2CO[C@@H](c3ccccc3)O[C@H]2[C@H](OC(=O)[C]2[CH][C](c3ccccc3)[CH][C]2C)[C@H]1OC(=O)[C]1[CH][C](c2ccccc2)[CH][C]1C.[Fe+2]. The summed E-state index contributed by atoms with van der Waals surface area (Å²) in [6.45, 7) is 3.87. The first-order valence-electron chi connectivity index (χ1n) is 16.0. The monoisotopic (exact) mass is 700 g/mol. The summed E-state index contributed by atoms with van der Waals surface area (Å²) < 4.78 is 36.9. The Balaban J connectivity index is 0.00000417. The van der Waals surface area contributed by atoms with Crippen molar-refractivity contribution in [2.75, 3.05) is 13.7 Å². The third kappa shape index (κ3) is 7.68. The molecule has 0 amide bonds. The fourth-order valence-corrected chi connectivity index (χ4v) is 6.43. The predicted molar refractivity (Wildman–Crippen MR) is 175 cm³/mol. The molecule has 0 aromatic heterocycles. The number of rotatable bonds is 8. The molecule has 3 aromatic carbocycles. The Hall–Kier alpha value is -3.04. The van der Waals surface area contributed by atoms with E-state index >= 15 is 0 Å². The molecule has 9 heteroatoms. The van der Waals surface area contributed by atoms with E-state index in [1.165, 1.54) is 7.11 Å². The number of esters is 2. The number of benzene rings is 3. The minimum absolute atomic E-state index is 0. The molecule has 7 rings (SSSR count). The van der Waals surface area contributed by atoms with Gasteiger partial charge in [-0.2, -0.15) is 0 Å². The number of hydrogen-bond donors (Lipinski definition) is 0. The van der Waals surface area contributed by atoms with Crippen LogP contribution in [0.1, 0.15) is 36.8 Å². The Morgan fingerprint density at radius 3 is 1.65 bits per heavy atom. The molecule has 250 valence electrons. The number of carbonyl (C=O) groups is 2. The van der Waals surface area contributed by atoms with E-state index < -0.39 is 48.9 Å². The van der Waals surface area contributed by atoms with Crippen molar-refractivity contribution in [1.82, 2.24) is 0 Å². The molecule has 6 atom stereocenters. The van der Waals surface area contributed by atoms with Crippen LogP contribution in [-0.2, 0) is 55.1 Å². The molecular formula is C40H36FeO8+2. The molecule has 2 heterocycles. The van der Waals surface area contributed by atoms with Crippen LogP contribution < -0.4 is 0 Å². The molecule has 2 aliphatic heterocycles. The number of methoxy groups -OCH3 is 1. The van der Waals surface area contributed by atoms with Crippen LogP contribution >= 0.6 is 0 Å². The first-order chi connectivity index (χ1) is 23.4. The minimum Gasteiger partial charge on any atom is -0.455 e. The second-order valence-corrected chi connectivity index (χ2v) is 12.1. The Morgan fingerprint density at radius 1 is 0.653 bits per heavy atom. The number of hydrogen-bond acceptors (Lipinski definition) is 8. The molecule has 49 heavy (non-hydrogen) atoms. The van der Waals surface area contributed by atoms with Gasteiger partial charge in [-0.15, -0.1) is 0 Å². The zero-order chi connectivity index (χ0) is 33.2. The van der Waals surface area contributed by atoms with Crippen LogP contribution in [0, 0.1) is 61.2 Å². The quantitative estimate of drug-likeness (QED) is 0.218.